The van der Waals surface area contributed by atoms with E-state index in [9.17, 15) is 14.2 Å². The quantitative estimate of drug-likeness (QED) is 0.391. The average molecular weight is 584 g/mol. The average Bonchev–Trinajstić information content (AvgIpc) is 3.35. The van der Waals surface area contributed by atoms with Crippen LogP contribution in [-0.4, -0.2) is 67.3 Å². The van der Waals surface area contributed by atoms with Crippen LogP contribution in [0.5, 0.6) is 5.75 Å². The number of halogens is 1. The molecule has 2 aliphatic rings. The van der Waals surface area contributed by atoms with Gasteiger partial charge >= 0.3 is 7.60 Å². The fraction of sp³-hybridized carbons (Fsp3) is 0.500. The molecule has 1 saturated heterocycles. The summed E-state index contributed by atoms with van der Waals surface area (Å²) in [4.78, 5) is 28.4. The number of hydrogen-bond acceptors (Lipinski definition) is 8. The van der Waals surface area contributed by atoms with Crippen LogP contribution in [0.2, 0.25) is 0 Å². The topological polar surface area (TPSA) is 99.5 Å². The Bertz CT molecular complexity index is 1190. The van der Waals surface area contributed by atoms with Gasteiger partial charge in [0.1, 0.15) is 6.61 Å². The number of carbonyl (C=O) groups excluding carboxylic acids is 1. The number of benzene rings is 1. The first-order valence-electron chi connectivity index (χ1n) is 11.9. The summed E-state index contributed by atoms with van der Waals surface area (Å²) in [6, 6.07) is 9.41. The number of fused-ring (bicyclic) bond motifs is 1. The zero-order chi connectivity index (χ0) is 25.9. The molecule has 0 saturated carbocycles. The third-order valence-corrected chi connectivity index (χ3v) is 9.03. The van der Waals surface area contributed by atoms with Crippen LogP contribution in [0.25, 0.3) is 0 Å². The van der Waals surface area contributed by atoms with Crippen LogP contribution in [0.15, 0.2) is 45.8 Å². The molecule has 1 atom stereocenters. The van der Waals surface area contributed by atoms with E-state index in [0.29, 0.717) is 13.0 Å². The van der Waals surface area contributed by atoms with Crippen molar-refractivity contribution < 1.29 is 27.9 Å². The molecular weight excluding hydrogens is 553 g/mol. The van der Waals surface area contributed by atoms with Crippen LogP contribution in [0, 0.1) is 0 Å². The monoisotopic (exact) mass is 583 g/mol. The normalized spacial score (nSPS) is 19.7. The first kappa shape index (κ1) is 26.9. The third-order valence-electron chi connectivity index (χ3n) is 6.42. The van der Waals surface area contributed by atoms with Crippen molar-refractivity contribution >= 4 is 29.4 Å². The van der Waals surface area contributed by atoms with Crippen LogP contribution in [-0.2, 0) is 25.0 Å². The van der Waals surface area contributed by atoms with Gasteiger partial charge in [-0.25, -0.2) is 0 Å². The minimum Gasteiger partial charge on any atom is -0.482 e. The maximum absolute atomic E-state index is 13.7. The Kier molecular flexibility index (Phi) is 8.26. The Balaban J connectivity index is 1.79. The molecule has 0 bridgehead atoms. The molecule has 0 radical (unpaired) electrons. The number of likely N-dealkylation sites (N-methyl/N-ethyl adjacent to an activating group) is 1. The lowest BCUT2D eigenvalue weighted by Gasteiger charge is -2.52. The molecule has 0 aliphatic carbocycles. The van der Waals surface area contributed by atoms with Gasteiger partial charge in [0, 0.05) is 26.2 Å². The summed E-state index contributed by atoms with van der Waals surface area (Å²) in [6.07, 6.45) is 2.18. The summed E-state index contributed by atoms with van der Waals surface area (Å²) in [5.41, 5.74) is -0.300. The summed E-state index contributed by atoms with van der Waals surface area (Å²) >= 11 is 3.35. The van der Waals surface area contributed by atoms with Crippen molar-refractivity contribution in [2.24, 2.45) is 0 Å². The molecule has 1 aromatic heterocycles. The van der Waals surface area contributed by atoms with Gasteiger partial charge in [-0.3, -0.25) is 23.8 Å². The largest absolute Gasteiger partial charge is 0.482 e. The molecule has 0 N–H and O–H groups in total. The lowest BCUT2D eigenvalue weighted by atomic mass is 10.0. The number of amides is 1. The van der Waals surface area contributed by atoms with Crippen LogP contribution in [0.3, 0.4) is 0 Å². The Morgan fingerprint density at radius 1 is 1.14 bits per heavy atom. The summed E-state index contributed by atoms with van der Waals surface area (Å²) in [5.74, 6) is -0.413. The van der Waals surface area contributed by atoms with E-state index in [2.05, 4.69) is 15.9 Å². The molecule has 4 rings (SSSR count). The second kappa shape index (κ2) is 11.1. The molecule has 2 aromatic rings. The first-order chi connectivity index (χ1) is 17.3. The maximum Gasteiger partial charge on any atom is 0.332 e. The predicted octanol–water partition coefficient (Wildman–Crippen LogP) is 3.60. The second-order valence-electron chi connectivity index (χ2n) is 8.55. The molecule has 1 fully saturated rings. The number of aromatic nitrogens is 1. The highest BCUT2D eigenvalue weighted by molar-refractivity contribution is 9.10. The van der Waals surface area contributed by atoms with Crippen molar-refractivity contribution in [3.63, 3.8) is 0 Å². The standard InChI is InChI=1S/C24H31BrN3O7P/c1-4-34-36(31,35-5-2)14-12-28-24(11-13-32-17-24)26(3)23(30)20-22(21(29)19(25)15-27(20)28)33-16-18-9-7-6-8-10-18/h6-10,15H,4-5,11-14,16-17H2,1-3H3/t24-/m1/s1. The summed E-state index contributed by atoms with van der Waals surface area (Å²) in [7, 11) is -1.69. The fourth-order valence-electron chi connectivity index (χ4n) is 4.63. The van der Waals surface area contributed by atoms with Gasteiger partial charge in [-0.2, -0.15) is 0 Å². The Labute approximate surface area is 218 Å². The van der Waals surface area contributed by atoms with E-state index in [4.69, 9.17) is 18.5 Å². The van der Waals surface area contributed by atoms with E-state index in [1.165, 1.54) is 0 Å². The summed E-state index contributed by atoms with van der Waals surface area (Å²) < 4.78 is 37.9. The highest BCUT2D eigenvalue weighted by atomic mass is 79.9. The number of hydrogen-bond donors (Lipinski definition) is 0. The molecule has 12 heteroatoms. The molecule has 196 valence electrons. The molecule has 2 aliphatic heterocycles. The van der Waals surface area contributed by atoms with Crippen LogP contribution in [0.4, 0.5) is 0 Å². The van der Waals surface area contributed by atoms with Gasteiger partial charge in [0.15, 0.2) is 17.1 Å². The van der Waals surface area contributed by atoms with Crippen molar-refractivity contribution in [3.8, 4) is 5.75 Å². The molecule has 1 amide bonds. The van der Waals surface area contributed by atoms with Gasteiger partial charge in [-0.15, -0.1) is 0 Å². The summed E-state index contributed by atoms with van der Waals surface area (Å²) in [5, 5.41) is 1.90. The molecule has 0 unspecified atom stereocenters. The van der Waals surface area contributed by atoms with Gasteiger partial charge < -0.3 is 23.4 Å². The molecular formula is C24H31BrN3O7P. The number of carbonyl (C=O) groups is 1. The molecule has 10 nitrogen and oxygen atoms in total. The zero-order valence-corrected chi connectivity index (χ0v) is 23.1. The minimum atomic E-state index is -3.38. The van der Waals surface area contributed by atoms with Gasteiger partial charge in [0.05, 0.1) is 37.1 Å². The predicted molar refractivity (Wildman–Crippen MR) is 138 cm³/mol. The third kappa shape index (κ3) is 4.99. The van der Waals surface area contributed by atoms with E-state index in [1.807, 2.05) is 35.3 Å². The lowest BCUT2D eigenvalue weighted by molar-refractivity contribution is 0.0304. The van der Waals surface area contributed by atoms with E-state index >= 15 is 0 Å². The molecule has 36 heavy (non-hydrogen) atoms. The van der Waals surface area contributed by atoms with Crippen LogP contribution in [0.1, 0.15) is 36.3 Å². The Morgan fingerprint density at radius 3 is 2.44 bits per heavy atom. The van der Waals surface area contributed by atoms with Crippen molar-refractivity contribution in [2.75, 3.05) is 51.2 Å². The number of pyridine rings is 1. The number of nitrogens with zero attached hydrogens (tertiary/aromatic N) is 3. The smallest absolute Gasteiger partial charge is 0.332 e. The lowest BCUT2D eigenvalue weighted by Crippen LogP contribution is -2.70. The van der Waals surface area contributed by atoms with Crippen molar-refractivity contribution in [1.82, 2.24) is 9.58 Å². The van der Waals surface area contributed by atoms with Gasteiger partial charge in [0.25, 0.3) is 5.91 Å². The van der Waals surface area contributed by atoms with Crippen molar-refractivity contribution in [2.45, 2.75) is 32.5 Å². The SMILES string of the molecule is CCOP(=O)(CCN1n2cc(Br)c(=O)c(OCc3ccccc3)c2C(=O)N(C)[C@]12CCOC2)OCC. The van der Waals surface area contributed by atoms with Crippen LogP contribution < -0.4 is 15.2 Å². The van der Waals surface area contributed by atoms with Gasteiger partial charge in [-0.1, -0.05) is 30.3 Å². The molecule has 3 heterocycles. The number of rotatable bonds is 10. The van der Waals surface area contributed by atoms with Crippen molar-refractivity contribution in [1.29, 1.82) is 0 Å². The zero-order valence-electron chi connectivity index (χ0n) is 20.6. The Hall–Kier alpha value is -2.17. The molecule has 1 aromatic carbocycles. The van der Waals surface area contributed by atoms with Crippen molar-refractivity contribution in [3.05, 3.63) is 62.5 Å². The second-order valence-corrected chi connectivity index (χ2v) is 11.6. The number of ether oxygens (including phenoxy) is 2. The van der Waals surface area contributed by atoms with Gasteiger partial charge in [-0.05, 0) is 35.3 Å². The van der Waals surface area contributed by atoms with E-state index in [1.54, 1.807) is 36.7 Å². The maximum atomic E-state index is 13.7. The highest BCUT2D eigenvalue weighted by Crippen LogP contribution is 2.48. The summed E-state index contributed by atoms with van der Waals surface area (Å²) in [6.45, 7) is 5.07. The highest BCUT2D eigenvalue weighted by Gasteiger charge is 2.52. The van der Waals surface area contributed by atoms with Crippen LogP contribution >= 0.6 is 23.5 Å². The van der Waals surface area contributed by atoms with Gasteiger partial charge in [0.2, 0.25) is 5.43 Å². The fourth-order valence-corrected chi connectivity index (χ4v) is 6.55. The van der Waals surface area contributed by atoms with E-state index < -0.39 is 18.7 Å². The van der Waals surface area contributed by atoms with E-state index in [0.717, 1.165) is 5.56 Å². The minimum absolute atomic E-state index is 0.0540. The first-order valence-corrected chi connectivity index (χ1v) is 14.4. The van der Waals surface area contributed by atoms with E-state index in [-0.39, 0.29) is 61.0 Å². The molecule has 1 spiro atoms. The Morgan fingerprint density at radius 2 is 1.83 bits per heavy atom.